The number of hydrogen-bond acceptors (Lipinski definition) is 1. The Labute approximate surface area is 216 Å². The zero-order chi connectivity index (χ0) is 21.4. The second-order valence-electron chi connectivity index (χ2n) is 9.28. The van der Waals surface area contributed by atoms with Gasteiger partial charge in [-0.25, -0.2) is 0 Å². The maximum absolute atomic E-state index is 13.2. The zero-order valence-corrected chi connectivity index (χ0v) is 23.6. The molecule has 3 aliphatic rings. The molecule has 173 valence electrons. The van der Waals surface area contributed by atoms with Crippen LogP contribution in [0.5, 0.6) is 0 Å². The first-order chi connectivity index (χ1) is 15.1. The smallest absolute Gasteiger partial charge is 0.147 e. The summed E-state index contributed by atoms with van der Waals surface area (Å²) in [5.74, 6) is 0.585. The van der Waals surface area contributed by atoms with Gasteiger partial charge in [-0.3, -0.25) is 0 Å². The quantitative estimate of drug-likeness (QED) is 0.533. The normalized spacial score (nSPS) is 16.2. The molecule has 0 aromatic heterocycles. The number of carbonyl (C=O) groups is 1. The minimum absolute atomic E-state index is 0. The Morgan fingerprint density at radius 3 is 2.45 bits per heavy atom. The zero-order valence-electron chi connectivity index (χ0n) is 19.3. The van der Waals surface area contributed by atoms with Crippen molar-refractivity contribution in [1.29, 1.82) is 0 Å². The van der Waals surface area contributed by atoms with Crippen molar-refractivity contribution in [3.63, 3.8) is 0 Å². The fourth-order valence-electron chi connectivity index (χ4n) is 5.12. The number of benzene rings is 2. The van der Waals surface area contributed by atoms with Gasteiger partial charge >= 0.3 is 193 Å². The van der Waals surface area contributed by atoms with Crippen LogP contribution in [-0.4, -0.2) is 12.6 Å². The number of hydrogen-bond donors (Lipinski definition) is 1. The third-order valence-electron chi connectivity index (χ3n) is 6.83. The van der Waals surface area contributed by atoms with Crippen molar-refractivity contribution in [3.05, 3.63) is 81.7 Å². The third kappa shape index (κ3) is 5.33. The standard InChI is InChI=1S/C18H11.C7H13NO.C2H7Si.2ClH.Ti/c1-2-5-13(6-3-1)17-10-9-16-11-14-7-4-8-15(14)12-18(16)17;8-7(9)6-4-2-1-3-5-6;1-3-2;;;/h1-8,10-12H;6H,1-5H2,(H2,8,9);3H,1-2H3;2*1H;/q;;;;;+1/p-1. The fraction of sp³-hybridized carbons (Fsp3) is 0.296. The van der Waals surface area contributed by atoms with Crippen LogP contribution in [-0.2, 0) is 22.2 Å². The molecule has 2 nitrogen and oxygen atoms in total. The largest absolute Gasteiger partial charge is 0.147 e. The summed E-state index contributed by atoms with van der Waals surface area (Å²) in [6.07, 6.45) is 14.8. The predicted molar refractivity (Wildman–Crippen MR) is 144 cm³/mol. The van der Waals surface area contributed by atoms with Crippen LogP contribution in [0.3, 0.4) is 0 Å². The van der Waals surface area contributed by atoms with Crippen LogP contribution in [0.2, 0.25) is 13.1 Å². The summed E-state index contributed by atoms with van der Waals surface area (Å²) in [7, 11) is 0. The summed E-state index contributed by atoms with van der Waals surface area (Å²) < 4.78 is 5.17. The Morgan fingerprint density at radius 2 is 1.76 bits per heavy atom. The van der Waals surface area contributed by atoms with Crippen molar-refractivity contribution >= 4 is 59.0 Å². The Balaban J connectivity index is 0.00000153. The van der Waals surface area contributed by atoms with Crippen molar-refractivity contribution in [2.24, 2.45) is 5.92 Å². The second kappa shape index (κ2) is 11.4. The topological polar surface area (TPSA) is 29.1 Å². The van der Waals surface area contributed by atoms with Crippen molar-refractivity contribution in [3.8, 4) is 0 Å². The van der Waals surface area contributed by atoms with E-state index in [1.54, 1.807) is 0 Å². The number of fused-ring (bicyclic) bond motifs is 2. The van der Waals surface area contributed by atoms with Gasteiger partial charge in [-0.2, -0.15) is 0 Å². The first kappa shape index (κ1) is 26.2. The van der Waals surface area contributed by atoms with E-state index in [2.05, 4.69) is 83.7 Å². The monoisotopic (exact) mass is 532 g/mol. The number of allylic oxidation sites excluding steroid dienone is 2. The Bertz CT molecular complexity index is 1200. The number of rotatable bonds is 5. The van der Waals surface area contributed by atoms with E-state index in [-0.39, 0.29) is 30.7 Å². The van der Waals surface area contributed by atoms with Crippen LogP contribution >= 0.6 is 24.8 Å². The molecule has 2 aromatic rings. The van der Waals surface area contributed by atoms with E-state index in [1.165, 1.54) is 55.8 Å². The van der Waals surface area contributed by atoms with Crippen LogP contribution in [0.25, 0.3) is 21.6 Å². The molecule has 0 atom stereocenters. The maximum Gasteiger partial charge on any atom is -0.147 e. The molecule has 0 spiro atoms. The van der Waals surface area contributed by atoms with E-state index in [0.717, 1.165) is 12.8 Å². The molecule has 0 unspecified atom stereocenters. The fourth-order valence-corrected chi connectivity index (χ4v) is 14.1. The molecule has 3 aliphatic carbocycles. The molecule has 5 rings (SSSR count). The van der Waals surface area contributed by atoms with E-state index in [9.17, 15) is 4.79 Å². The molecule has 1 fully saturated rings. The van der Waals surface area contributed by atoms with Crippen molar-refractivity contribution in [2.75, 3.05) is 0 Å². The predicted octanol–water partition coefficient (Wildman–Crippen LogP) is 5.10. The van der Waals surface area contributed by atoms with Gasteiger partial charge in [-0.1, -0.05) is 0 Å². The maximum atomic E-state index is 13.2. The second-order valence-corrected chi connectivity index (χ2v) is 21.9. The molecule has 6 heteroatoms. The Kier molecular flexibility index (Phi) is 9.05. The Hall–Kier alpha value is -1.36. The van der Waals surface area contributed by atoms with E-state index in [1.807, 2.05) is 0 Å². The van der Waals surface area contributed by atoms with Crippen LogP contribution in [0, 0.1) is 5.92 Å². The van der Waals surface area contributed by atoms with Gasteiger partial charge < -0.3 is 0 Å². The molecule has 1 amide bonds. The van der Waals surface area contributed by atoms with Crippen molar-refractivity contribution in [1.82, 2.24) is 3.80 Å². The van der Waals surface area contributed by atoms with Gasteiger partial charge in [0, 0.05) is 0 Å². The molecule has 1 saturated carbocycles. The van der Waals surface area contributed by atoms with Gasteiger partial charge in [0.05, 0.1) is 0 Å². The SMILES string of the molecule is C[SiH](C)[Ti]([NH]C(=O)C1CCCCC1)[C]1=c2cc3c(cc2C(c2ccccc2)=C1)=CC=C3.Cl.Cl. The molecular formula is C27H32Cl2NOSiTi. The summed E-state index contributed by atoms with van der Waals surface area (Å²) in [5.41, 5.74) is 5.23. The molecule has 0 saturated heterocycles. The average Bonchev–Trinajstić information content (AvgIpc) is 3.41. The van der Waals surface area contributed by atoms with Crippen molar-refractivity contribution < 1.29 is 22.2 Å². The minimum atomic E-state index is -1.91. The van der Waals surface area contributed by atoms with Crippen LogP contribution < -0.4 is 14.2 Å². The van der Waals surface area contributed by atoms with Gasteiger partial charge in [0.25, 0.3) is 0 Å². The number of carbonyl (C=O) groups excluding carboxylic acids is 1. The minimum Gasteiger partial charge on any atom is -0.147 e. The van der Waals surface area contributed by atoms with Crippen LogP contribution in [0.15, 0.2) is 54.6 Å². The van der Waals surface area contributed by atoms with Gasteiger partial charge in [0.15, 0.2) is 0 Å². The third-order valence-corrected chi connectivity index (χ3v) is 17.6. The van der Waals surface area contributed by atoms with Crippen molar-refractivity contribution in [2.45, 2.75) is 45.2 Å². The van der Waals surface area contributed by atoms with Crippen LogP contribution in [0.4, 0.5) is 0 Å². The summed E-state index contributed by atoms with van der Waals surface area (Å²) in [5, 5.41) is 2.68. The Morgan fingerprint density at radius 1 is 1.03 bits per heavy atom. The average molecular weight is 533 g/mol. The van der Waals surface area contributed by atoms with E-state index in [0.29, 0.717) is 5.91 Å². The van der Waals surface area contributed by atoms with Crippen LogP contribution in [0.1, 0.15) is 48.8 Å². The molecule has 0 radical (unpaired) electrons. The molecule has 0 bridgehead atoms. The number of amides is 1. The molecule has 2 aromatic carbocycles. The van der Waals surface area contributed by atoms with E-state index in [4.69, 9.17) is 0 Å². The molecule has 1 N–H and O–H groups in total. The molecular weight excluding hydrogens is 501 g/mol. The number of nitrogens with one attached hydrogen (secondary N) is 1. The summed E-state index contributed by atoms with van der Waals surface area (Å²) in [6.45, 7) is 3.84. The molecule has 33 heavy (non-hydrogen) atoms. The summed E-state index contributed by atoms with van der Waals surface area (Å²) in [6, 6.07) is 15.5. The summed E-state index contributed by atoms with van der Waals surface area (Å²) in [4.78, 5) is 13.2. The first-order valence-electron chi connectivity index (χ1n) is 11.6. The van der Waals surface area contributed by atoms with Gasteiger partial charge in [-0.15, -0.1) is 24.8 Å². The van der Waals surface area contributed by atoms with Gasteiger partial charge in [-0.05, 0) is 0 Å². The first-order valence-corrected chi connectivity index (χ1v) is 18.8. The van der Waals surface area contributed by atoms with Gasteiger partial charge in [0.2, 0.25) is 0 Å². The molecule has 0 aliphatic heterocycles. The number of halogens is 2. The molecule has 0 heterocycles. The van der Waals surface area contributed by atoms with Gasteiger partial charge in [0.1, 0.15) is 0 Å². The van der Waals surface area contributed by atoms with E-state index < -0.39 is 24.0 Å². The van der Waals surface area contributed by atoms with E-state index >= 15 is 0 Å². The summed E-state index contributed by atoms with van der Waals surface area (Å²) >= 11 is -1.91.